The molecule has 0 saturated carbocycles. The maximum absolute atomic E-state index is 10.6. The van der Waals surface area contributed by atoms with E-state index in [1.54, 1.807) is 24.5 Å². The van der Waals surface area contributed by atoms with Gasteiger partial charge in [-0.2, -0.15) is 5.10 Å². The quantitative estimate of drug-likeness (QED) is 0.551. The molecule has 18 heavy (non-hydrogen) atoms. The molecule has 0 spiro atoms. The van der Waals surface area contributed by atoms with Gasteiger partial charge >= 0.3 is 0 Å². The number of non-ortho nitro benzene ring substituents is 1. The normalized spacial score (nSPS) is 10.7. The molecule has 0 aliphatic heterocycles. The molecule has 0 amide bonds. The monoisotopic (exact) mass is 240 g/mol. The molecule has 0 atom stereocenters. The molecule has 2 aromatic heterocycles. The first-order valence-corrected chi connectivity index (χ1v) is 5.28. The van der Waals surface area contributed by atoms with Gasteiger partial charge in [0, 0.05) is 35.5 Å². The molecule has 3 aromatic rings. The number of nitrogens with one attached hydrogen (secondary N) is 1. The summed E-state index contributed by atoms with van der Waals surface area (Å²) < 4.78 is 0. The van der Waals surface area contributed by atoms with Crippen molar-refractivity contribution in [2.75, 3.05) is 0 Å². The molecule has 0 saturated heterocycles. The Balaban J connectivity index is 2.12. The summed E-state index contributed by atoms with van der Waals surface area (Å²) in [6, 6.07) is 8.12. The number of pyridine rings is 1. The SMILES string of the molecule is O=[N+]([O-])c1ccc(-c2n[nH]c3ccncc23)cc1. The van der Waals surface area contributed by atoms with Gasteiger partial charge in [-0.15, -0.1) is 0 Å². The molecule has 0 bridgehead atoms. The molecule has 0 fully saturated rings. The van der Waals surface area contributed by atoms with Crippen LogP contribution in [0.4, 0.5) is 5.69 Å². The number of fused-ring (bicyclic) bond motifs is 1. The van der Waals surface area contributed by atoms with Crippen molar-refractivity contribution in [3.8, 4) is 11.3 Å². The molecule has 1 aromatic carbocycles. The Morgan fingerprint density at radius 1 is 1.17 bits per heavy atom. The maximum atomic E-state index is 10.6. The first-order valence-electron chi connectivity index (χ1n) is 5.28. The summed E-state index contributed by atoms with van der Waals surface area (Å²) in [6.07, 6.45) is 3.40. The van der Waals surface area contributed by atoms with E-state index in [4.69, 9.17) is 0 Å². The van der Waals surface area contributed by atoms with E-state index in [-0.39, 0.29) is 5.69 Å². The third-order valence-corrected chi connectivity index (χ3v) is 2.72. The summed E-state index contributed by atoms with van der Waals surface area (Å²) in [5.41, 5.74) is 2.52. The number of benzene rings is 1. The molecular weight excluding hydrogens is 232 g/mol. The number of nitrogens with zero attached hydrogens (tertiary/aromatic N) is 3. The van der Waals surface area contributed by atoms with Crippen molar-refractivity contribution in [2.45, 2.75) is 0 Å². The van der Waals surface area contributed by atoms with Crippen molar-refractivity contribution in [3.63, 3.8) is 0 Å². The van der Waals surface area contributed by atoms with Crippen LogP contribution in [0.5, 0.6) is 0 Å². The molecular formula is C12H8N4O2. The Hall–Kier alpha value is -2.76. The van der Waals surface area contributed by atoms with Crippen LogP contribution < -0.4 is 0 Å². The predicted molar refractivity (Wildman–Crippen MR) is 66.0 cm³/mol. The molecule has 0 unspecified atom stereocenters. The number of nitro benzene ring substituents is 1. The summed E-state index contributed by atoms with van der Waals surface area (Å²) in [6.45, 7) is 0. The van der Waals surface area contributed by atoms with Crippen LogP contribution >= 0.6 is 0 Å². The van der Waals surface area contributed by atoms with E-state index < -0.39 is 4.92 Å². The first kappa shape index (κ1) is 10.4. The molecule has 0 radical (unpaired) electrons. The lowest BCUT2D eigenvalue weighted by molar-refractivity contribution is -0.384. The number of hydrogen-bond donors (Lipinski definition) is 1. The summed E-state index contributed by atoms with van der Waals surface area (Å²) >= 11 is 0. The van der Waals surface area contributed by atoms with Crippen LogP contribution in [0.3, 0.4) is 0 Å². The van der Waals surface area contributed by atoms with Gasteiger partial charge in [-0.1, -0.05) is 0 Å². The minimum absolute atomic E-state index is 0.0664. The summed E-state index contributed by atoms with van der Waals surface area (Å²) in [7, 11) is 0. The Morgan fingerprint density at radius 2 is 1.94 bits per heavy atom. The van der Waals surface area contributed by atoms with Gasteiger partial charge in [0.1, 0.15) is 5.69 Å². The van der Waals surface area contributed by atoms with Crippen LogP contribution in [0.15, 0.2) is 42.7 Å². The lowest BCUT2D eigenvalue weighted by Gasteiger charge is -1.97. The number of nitro groups is 1. The van der Waals surface area contributed by atoms with E-state index in [0.29, 0.717) is 0 Å². The fraction of sp³-hybridized carbons (Fsp3) is 0. The van der Waals surface area contributed by atoms with E-state index in [1.807, 2.05) is 6.07 Å². The summed E-state index contributed by atoms with van der Waals surface area (Å²) in [5.74, 6) is 0. The largest absolute Gasteiger partial charge is 0.277 e. The average Bonchev–Trinajstić information content (AvgIpc) is 2.82. The fourth-order valence-corrected chi connectivity index (χ4v) is 1.82. The van der Waals surface area contributed by atoms with Crippen LogP contribution in [0.25, 0.3) is 22.2 Å². The highest BCUT2D eigenvalue weighted by molar-refractivity contribution is 5.92. The fourth-order valence-electron chi connectivity index (χ4n) is 1.82. The van der Waals surface area contributed by atoms with Gasteiger partial charge < -0.3 is 0 Å². The number of H-pyrrole nitrogens is 1. The molecule has 2 heterocycles. The standard InChI is InChI=1S/C12H8N4O2/c17-16(18)9-3-1-8(2-4-9)12-10-7-13-6-5-11(10)14-15-12/h1-7H,(H,14,15). The number of hydrogen-bond acceptors (Lipinski definition) is 4. The zero-order valence-electron chi connectivity index (χ0n) is 9.20. The van der Waals surface area contributed by atoms with E-state index in [1.165, 1.54) is 12.1 Å². The van der Waals surface area contributed by atoms with Crippen molar-refractivity contribution in [1.82, 2.24) is 15.2 Å². The number of rotatable bonds is 2. The zero-order valence-corrected chi connectivity index (χ0v) is 9.20. The van der Waals surface area contributed by atoms with Crippen molar-refractivity contribution in [1.29, 1.82) is 0 Å². The van der Waals surface area contributed by atoms with Gasteiger partial charge in [0.25, 0.3) is 5.69 Å². The van der Waals surface area contributed by atoms with Gasteiger partial charge in [0.15, 0.2) is 0 Å². The topological polar surface area (TPSA) is 84.7 Å². The molecule has 0 aliphatic carbocycles. The summed E-state index contributed by atoms with van der Waals surface area (Å²) in [5, 5.41) is 18.6. The second-order valence-corrected chi connectivity index (χ2v) is 3.80. The predicted octanol–water partition coefficient (Wildman–Crippen LogP) is 2.53. The van der Waals surface area contributed by atoms with E-state index in [0.717, 1.165) is 22.2 Å². The summed E-state index contributed by atoms with van der Waals surface area (Å²) in [4.78, 5) is 14.2. The number of aromatic amines is 1. The van der Waals surface area contributed by atoms with Crippen molar-refractivity contribution >= 4 is 16.6 Å². The average molecular weight is 240 g/mol. The molecule has 88 valence electrons. The van der Waals surface area contributed by atoms with Gasteiger partial charge in [0.05, 0.1) is 10.4 Å². The molecule has 0 aliphatic rings. The van der Waals surface area contributed by atoms with Gasteiger partial charge in [0.2, 0.25) is 0 Å². The second kappa shape index (κ2) is 3.92. The van der Waals surface area contributed by atoms with Crippen LogP contribution in [0.1, 0.15) is 0 Å². The van der Waals surface area contributed by atoms with E-state index >= 15 is 0 Å². The van der Waals surface area contributed by atoms with Gasteiger partial charge in [-0.05, 0) is 18.2 Å². The van der Waals surface area contributed by atoms with Crippen LogP contribution in [-0.2, 0) is 0 Å². The number of aromatic nitrogens is 3. The Bertz CT molecular complexity index is 718. The second-order valence-electron chi connectivity index (χ2n) is 3.80. The third kappa shape index (κ3) is 1.60. The van der Waals surface area contributed by atoms with Crippen LogP contribution in [-0.4, -0.2) is 20.1 Å². The molecule has 3 rings (SSSR count). The zero-order chi connectivity index (χ0) is 12.5. The third-order valence-electron chi connectivity index (χ3n) is 2.72. The minimum atomic E-state index is -0.423. The minimum Gasteiger partial charge on any atom is -0.277 e. The van der Waals surface area contributed by atoms with E-state index in [9.17, 15) is 10.1 Å². The molecule has 1 N–H and O–H groups in total. The maximum Gasteiger partial charge on any atom is 0.269 e. The lowest BCUT2D eigenvalue weighted by Crippen LogP contribution is -1.87. The van der Waals surface area contributed by atoms with Crippen molar-refractivity contribution in [3.05, 3.63) is 52.8 Å². The lowest BCUT2D eigenvalue weighted by atomic mass is 10.1. The Morgan fingerprint density at radius 3 is 2.67 bits per heavy atom. The van der Waals surface area contributed by atoms with Crippen LogP contribution in [0, 0.1) is 10.1 Å². The first-order chi connectivity index (χ1) is 8.75. The van der Waals surface area contributed by atoms with Crippen molar-refractivity contribution in [2.24, 2.45) is 0 Å². The highest BCUT2D eigenvalue weighted by Crippen LogP contribution is 2.26. The smallest absolute Gasteiger partial charge is 0.269 e. The Labute approximate surface area is 101 Å². The molecule has 6 heteroatoms. The van der Waals surface area contributed by atoms with Crippen LogP contribution in [0.2, 0.25) is 0 Å². The van der Waals surface area contributed by atoms with Gasteiger partial charge in [-0.25, -0.2) is 0 Å². The highest BCUT2D eigenvalue weighted by Gasteiger charge is 2.10. The van der Waals surface area contributed by atoms with Gasteiger partial charge in [-0.3, -0.25) is 20.2 Å². The molecule has 6 nitrogen and oxygen atoms in total. The van der Waals surface area contributed by atoms with E-state index in [2.05, 4.69) is 15.2 Å². The van der Waals surface area contributed by atoms with Crippen molar-refractivity contribution < 1.29 is 4.92 Å². The Kier molecular flexibility index (Phi) is 2.26. The highest BCUT2D eigenvalue weighted by atomic mass is 16.6.